The van der Waals surface area contributed by atoms with E-state index in [1.807, 2.05) is 0 Å². The maximum atomic E-state index is 13.6. The van der Waals surface area contributed by atoms with E-state index in [9.17, 15) is 13.2 Å². The number of nitrogens with zero attached hydrogens (tertiary/aromatic N) is 4. The minimum atomic E-state index is -4.60. The molecule has 0 N–H and O–H groups in total. The molecule has 138 valence electrons. The molecule has 8 heteroatoms. The molecule has 0 aromatic carbocycles. The van der Waals surface area contributed by atoms with Crippen LogP contribution in [0.2, 0.25) is 0 Å². The molecular weight excluding hydrogens is 357 g/mol. The average molecular weight is 372 g/mol. The minimum absolute atomic E-state index is 0.0565. The Morgan fingerprint density at radius 3 is 2.78 bits per heavy atom. The molecule has 1 atom stereocenters. The molecule has 4 rings (SSSR count). The topological polar surface area (TPSA) is 52.8 Å². The molecule has 1 saturated heterocycles. The maximum Gasteiger partial charge on any atom is 0.435 e. The van der Waals surface area contributed by atoms with E-state index >= 15 is 0 Å². The Morgan fingerprint density at radius 1 is 1.22 bits per heavy atom. The molecule has 1 unspecified atom stereocenters. The number of ether oxygens (including phenoxy) is 1. The van der Waals surface area contributed by atoms with Crippen LogP contribution in [0.1, 0.15) is 36.9 Å². The van der Waals surface area contributed by atoms with Gasteiger partial charge in [-0.25, -0.2) is 9.67 Å². The fraction of sp³-hybridized carbons (Fsp3) is 0.316. The summed E-state index contributed by atoms with van der Waals surface area (Å²) in [5.74, 6) is 2.41. The molecule has 0 bridgehead atoms. The zero-order valence-corrected chi connectivity index (χ0v) is 14.2. The molecule has 3 aromatic rings. The highest BCUT2D eigenvalue weighted by atomic mass is 19.4. The lowest BCUT2D eigenvalue weighted by molar-refractivity contribution is -0.141. The SMILES string of the molecule is C#Cc1ccc2ncc(-c3cn(C4CCCCO4)nc3C(F)(F)F)cc2n1. The monoisotopic (exact) mass is 372 g/mol. The van der Waals surface area contributed by atoms with Crippen LogP contribution in [0.3, 0.4) is 0 Å². The molecule has 3 aromatic heterocycles. The fourth-order valence-electron chi connectivity index (χ4n) is 3.13. The highest BCUT2D eigenvalue weighted by molar-refractivity contribution is 5.81. The third kappa shape index (κ3) is 3.38. The summed E-state index contributed by atoms with van der Waals surface area (Å²) in [6.45, 7) is 0.511. The second-order valence-corrected chi connectivity index (χ2v) is 6.29. The van der Waals surface area contributed by atoms with Gasteiger partial charge in [0.15, 0.2) is 5.69 Å². The van der Waals surface area contributed by atoms with Crippen molar-refractivity contribution in [2.24, 2.45) is 0 Å². The molecule has 0 saturated carbocycles. The normalized spacial score (nSPS) is 17.8. The Bertz CT molecular complexity index is 1030. The Kier molecular flexibility index (Phi) is 4.32. The first-order valence-corrected chi connectivity index (χ1v) is 8.47. The standard InChI is InChI=1S/C19H15F3N4O/c1-2-13-6-7-15-16(24-13)9-12(10-23-15)14-11-26(17-5-3-4-8-27-17)25-18(14)19(20,21)22/h1,6-7,9-11,17H,3-5,8H2. The average Bonchev–Trinajstić information content (AvgIpc) is 3.14. The lowest BCUT2D eigenvalue weighted by Gasteiger charge is -2.22. The van der Waals surface area contributed by atoms with Gasteiger partial charge >= 0.3 is 6.18 Å². The number of pyridine rings is 2. The first-order valence-electron chi connectivity index (χ1n) is 8.47. The summed E-state index contributed by atoms with van der Waals surface area (Å²) >= 11 is 0. The van der Waals surface area contributed by atoms with Crippen LogP contribution >= 0.6 is 0 Å². The van der Waals surface area contributed by atoms with E-state index in [2.05, 4.69) is 21.0 Å². The molecule has 0 aliphatic carbocycles. The molecular formula is C19H15F3N4O. The third-order valence-corrected chi connectivity index (χ3v) is 4.45. The summed E-state index contributed by atoms with van der Waals surface area (Å²) < 4.78 is 47.5. The summed E-state index contributed by atoms with van der Waals surface area (Å²) in [4.78, 5) is 8.45. The van der Waals surface area contributed by atoms with Crippen LogP contribution in [-0.2, 0) is 10.9 Å². The molecule has 27 heavy (non-hydrogen) atoms. The summed E-state index contributed by atoms with van der Waals surface area (Å²) in [5.41, 5.74) is 0.624. The van der Waals surface area contributed by atoms with Crippen LogP contribution in [0.5, 0.6) is 0 Å². The third-order valence-electron chi connectivity index (χ3n) is 4.45. The van der Waals surface area contributed by atoms with Gasteiger partial charge in [-0.2, -0.15) is 18.3 Å². The number of aromatic nitrogens is 4. The predicted octanol–water partition coefficient (Wildman–Crippen LogP) is 4.19. The summed E-state index contributed by atoms with van der Waals surface area (Å²) in [6, 6.07) is 4.86. The van der Waals surface area contributed by atoms with E-state index in [-0.39, 0.29) is 11.1 Å². The van der Waals surface area contributed by atoms with Crippen LogP contribution in [0.25, 0.3) is 22.2 Å². The van der Waals surface area contributed by atoms with E-state index in [1.54, 1.807) is 18.2 Å². The highest BCUT2D eigenvalue weighted by Gasteiger charge is 2.38. The van der Waals surface area contributed by atoms with Gasteiger partial charge in [0.2, 0.25) is 0 Å². The Labute approximate surface area is 153 Å². The van der Waals surface area contributed by atoms with E-state index in [1.165, 1.54) is 17.1 Å². The van der Waals surface area contributed by atoms with Crippen LogP contribution < -0.4 is 0 Å². The van der Waals surface area contributed by atoms with Gasteiger partial charge in [-0.3, -0.25) is 4.98 Å². The molecule has 1 aliphatic rings. The summed E-state index contributed by atoms with van der Waals surface area (Å²) in [6.07, 6.45) is 5.42. The number of hydrogen-bond donors (Lipinski definition) is 0. The first-order chi connectivity index (χ1) is 13.0. The van der Waals surface area contributed by atoms with Gasteiger partial charge in [0, 0.05) is 30.1 Å². The lowest BCUT2D eigenvalue weighted by atomic mass is 10.1. The van der Waals surface area contributed by atoms with Crippen molar-refractivity contribution in [3.05, 3.63) is 42.0 Å². The van der Waals surface area contributed by atoms with Gasteiger partial charge < -0.3 is 4.74 Å². The molecule has 0 spiro atoms. The van der Waals surface area contributed by atoms with Gasteiger partial charge in [-0.1, -0.05) is 5.92 Å². The van der Waals surface area contributed by atoms with Crippen molar-refractivity contribution in [1.82, 2.24) is 19.7 Å². The van der Waals surface area contributed by atoms with Crippen LogP contribution in [0.15, 0.2) is 30.6 Å². The Balaban J connectivity index is 1.83. The van der Waals surface area contributed by atoms with Gasteiger partial charge in [0.25, 0.3) is 0 Å². The zero-order valence-electron chi connectivity index (χ0n) is 14.2. The lowest BCUT2D eigenvalue weighted by Crippen LogP contribution is -2.19. The molecule has 1 aliphatic heterocycles. The Morgan fingerprint density at radius 2 is 2.07 bits per heavy atom. The predicted molar refractivity (Wildman–Crippen MR) is 92.5 cm³/mol. The summed E-state index contributed by atoms with van der Waals surface area (Å²) in [7, 11) is 0. The van der Waals surface area contributed by atoms with E-state index in [0.717, 1.165) is 12.8 Å². The van der Waals surface area contributed by atoms with Crippen molar-refractivity contribution in [3.63, 3.8) is 0 Å². The molecule has 1 fully saturated rings. The number of terminal acetylenes is 1. The Hall–Kier alpha value is -2.92. The second kappa shape index (κ2) is 6.67. The largest absolute Gasteiger partial charge is 0.435 e. The van der Waals surface area contributed by atoms with Crippen molar-refractivity contribution >= 4 is 11.0 Å². The number of fused-ring (bicyclic) bond motifs is 1. The van der Waals surface area contributed by atoms with E-state index in [4.69, 9.17) is 11.2 Å². The van der Waals surface area contributed by atoms with Crippen molar-refractivity contribution in [2.75, 3.05) is 6.61 Å². The van der Waals surface area contributed by atoms with Crippen LogP contribution in [0.4, 0.5) is 13.2 Å². The highest BCUT2D eigenvalue weighted by Crippen LogP contribution is 2.38. The van der Waals surface area contributed by atoms with E-state index < -0.39 is 18.1 Å². The van der Waals surface area contributed by atoms with Crippen molar-refractivity contribution in [2.45, 2.75) is 31.7 Å². The maximum absolute atomic E-state index is 13.6. The number of hydrogen-bond acceptors (Lipinski definition) is 4. The minimum Gasteiger partial charge on any atom is -0.357 e. The van der Waals surface area contributed by atoms with Crippen molar-refractivity contribution in [3.8, 4) is 23.5 Å². The van der Waals surface area contributed by atoms with E-state index in [0.29, 0.717) is 29.8 Å². The van der Waals surface area contributed by atoms with Gasteiger partial charge in [-0.15, -0.1) is 6.42 Å². The molecule has 4 heterocycles. The molecule has 0 amide bonds. The fourth-order valence-corrected chi connectivity index (χ4v) is 3.13. The summed E-state index contributed by atoms with van der Waals surface area (Å²) in [5, 5.41) is 3.78. The number of alkyl halides is 3. The van der Waals surface area contributed by atoms with Gasteiger partial charge in [-0.05, 0) is 37.5 Å². The first kappa shape index (κ1) is 17.5. The van der Waals surface area contributed by atoms with Gasteiger partial charge in [0.05, 0.1) is 11.0 Å². The van der Waals surface area contributed by atoms with Crippen molar-refractivity contribution in [1.29, 1.82) is 0 Å². The van der Waals surface area contributed by atoms with Crippen LogP contribution in [-0.4, -0.2) is 26.4 Å². The number of rotatable bonds is 2. The zero-order chi connectivity index (χ0) is 19.0. The van der Waals surface area contributed by atoms with Crippen molar-refractivity contribution < 1.29 is 17.9 Å². The quantitative estimate of drug-likeness (QED) is 0.633. The second-order valence-electron chi connectivity index (χ2n) is 6.29. The van der Waals surface area contributed by atoms with Crippen LogP contribution in [0, 0.1) is 12.3 Å². The molecule has 5 nitrogen and oxygen atoms in total. The number of halogens is 3. The smallest absolute Gasteiger partial charge is 0.357 e. The van der Waals surface area contributed by atoms with Gasteiger partial charge in [0.1, 0.15) is 11.9 Å². The molecule has 0 radical (unpaired) electrons.